The Morgan fingerprint density at radius 1 is 1.18 bits per heavy atom. The number of nitrogens with zero attached hydrogens (tertiary/aromatic N) is 1. The van der Waals surface area contributed by atoms with Gasteiger partial charge in [-0.3, -0.25) is 0 Å². The van der Waals surface area contributed by atoms with Crippen molar-refractivity contribution in [3.63, 3.8) is 0 Å². The van der Waals surface area contributed by atoms with Crippen molar-refractivity contribution in [1.82, 2.24) is 15.5 Å². The fraction of sp³-hybridized carbons (Fsp3) is 0.923. The zero-order valence-electron chi connectivity index (χ0n) is 11.0. The molecule has 2 saturated heterocycles. The van der Waals surface area contributed by atoms with E-state index in [1.54, 1.807) is 0 Å². The normalized spacial score (nSPS) is 31.3. The lowest BCUT2D eigenvalue weighted by Gasteiger charge is -2.34. The van der Waals surface area contributed by atoms with E-state index in [4.69, 9.17) is 0 Å². The van der Waals surface area contributed by atoms with Crippen LogP contribution in [0.15, 0.2) is 0 Å². The summed E-state index contributed by atoms with van der Waals surface area (Å²) in [4.78, 5) is 14.0. The Morgan fingerprint density at radius 3 is 2.47 bits per heavy atom. The fourth-order valence-electron chi connectivity index (χ4n) is 2.60. The summed E-state index contributed by atoms with van der Waals surface area (Å²) in [6.45, 7) is 7.22. The summed E-state index contributed by atoms with van der Waals surface area (Å²) in [6.07, 6.45) is 4.55. The molecule has 98 valence electrons. The molecule has 2 heterocycles. The average Bonchev–Trinajstić information content (AvgIpc) is 2.33. The average molecular weight is 239 g/mol. The predicted octanol–water partition coefficient (Wildman–Crippen LogP) is 1.57. The minimum absolute atomic E-state index is 0.137. The highest BCUT2D eigenvalue weighted by atomic mass is 16.2. The highest BCUT2D eigenvalue weighted by Gasteiger charge is 2.24. The van der Waals surface area contributed by atoms with Gasteiger partial charge >= 0.3 is 6.03 Å². The van der Waals surface area contributed by atoms with Crippen LogP contribution in [0.5, 0.6) is 0 Å². The van der Waals surface area contributed by atoms with E-state index in [9.17, 15) is 4.79 Å². The Balaban J connectivity index is 1.73. The first kappa shape index (κ1) is 12.7. The second kappa shape index (κ2) is 5.71. The molecule has 4 heteroatoms. The molecule has 2 amide bonds. The molecule has 17 heavy (non-hydrogen) atoms. The molecule has 0 aromatic rings. The topological polar surface area (TPSA) is 44.4 Å². The maximum Gasteiger partial charge on any atom is 0.317 e. The zero-order chi connectivity index (χ0) is 12.3. The van der Waals surface area contributed by atoms with Gasteiger partial charge in [0, 0.05) is 31.7 Å². The lowest BCUT2D eigenvalue weighted by molar-refractivity contribution is 0.167. The van der Waals surface area contributed by atoms with Crippen molar-refractivity contribution in [2.75, 3.05) is 19.6 Å². The van der Waals surface area contributed by atoms with Gasteiger partial charge in [0.25, 0.3) is 0 Å². The Bertz CT molecular complexity index is 253. The van der Waals surface area contributed by atoms with E-state index in [2.05, 4.69) is 24.5 Å². The highest BCUT2D eigenvalue weighted by Crippen LogP contribution is 2.16. The van der Waals surface area contributed by atoms with Crippen LogP contribution in [0.25, 0.3) is 0 Å². The Morgan fingerprint density at radius 2 is 1.88 bits per heavy atom. The van der Waals surface area contributed by atoms with Crippen LogP contribution < -0.4 is 10.6 Å². The van der Waals surface area contributed by atoms with E-state index in [-0.39, 0.29) is 6.03 Å². The minimum atomic E-state index is 0.137. The van der Waals surface area contributed by atoms with Crippen molar-refractivity contribution < 1.29 is 4.79 Å². The third-order valence-electron chi connectivity index (χ3n) is 4.06. The summed E-state index contributed by atoms with van der Waals surface area (Å²) in [5.74, 6) is 0.774. The van der Waals surface area contributed by atoms with Crippen LogP contribution >= 0.6 is 0 Å². The van der Waals surface area contributed by atoms with E-state index < -0.39 is 0 Å². The monoisotopic (exact) mass is 239 g/mol. The zero-order valence-corrected chi connectivity index (χ0v) is 11.0. The van der Waals surface area contributed by atoms with Crippen LogP contribution in [0.2, 0.25) is 0 Å². The first-order valence-electron chi connectivity index (χ1n) is 6.94. The van der Waals surface area contributed by atoms with Crippen LogP contribution in [0.4, 0.5) is 4.79 Å². The number of amides is 2. The quantitative estimate of drug-likeness (QED) is 0.729. The van der Waals surface area contributed by atoms with Crippen molar-refractivity contribution >= 4 is 6.03 Å². The molecule has 0 saturated carbocycles. The summed E-state index contributed by atoms with van der Waals surface area (Å²) in [6, 6.07) is 1.05. The molecule has 2 aliphatic rings. The van der Waals surface area contributed by atoms with Crippen molar-refractivity contribution in [3.8, 4) is 0 Å². The van der Waals surface area contributed by atoms with E-state index in [1.165, 1.54) is 0 Å². The van der Waals surface area contributed by atoms with Gasteiger partial charge in [0.05, 0.1) is 0 Å². The number of hydrogen-bond donors (Lipinski definition) is 2. The summed E-state index contributed by atoms with van der Waals surface area (Å²) >= 11 is 0. The molecule has 0 spiro atoms. The lowest BCUT2D eigenvalue weighted by Crippen LogP contribution is -2.53. The van der Waals surface area contributed by atoms with E-state index in [1.807, 2.05) is 4.90 Å². The number of nitrogens with one attached hydrogen (secondary N) is 2. The Kier molecular flexibility index (Phi) is 4.26. The molecule has 2 unspecified atom stereocenters. The molecule has 0 bridgehead atoms. The first-order chi connectivity index (χ1) is 8.15. The van der Waals surface area contributed by atoms with Crippen LogP contribution in [-0.4, -0.2) is 42.6 Å². The lowest BCUT2D eigenvalue weighted by atomic mass is 9.99. The van der Waals surface area contributed by atoms with Gasteiger partial charge in [0.15, 0.2) is 0 Å². The highest BCUT2D eigenvalue weighted by molar-refractivity contribution is 5.74. The Hall–Kier alpha value is -0.770. The number of carbonyl (C=O) groups excluding carboxylic acids is 1. The molecular weight excluding hydrogens is 214 g/mol. The molecule has 0 aliphatic carbocycles. The van der Waals surface area contributed by atoms with Gasteiger partial charge < -0.3 is 15.5 Å². The predicted molar refractivity (Wildman–Crippen MR) is 69.0 cm³/mol. The largest absolute Gasteiger partial charge is 0.334 e. The van der Waals surface area contributed by atoms with Gasteiger partial charge in [-0.05, 0) is 38.5 Å². The molecule has 2 rings (SSSR count). The molecule has 2 fully saturated rings. The van der Waals surface area contributed by atoms with Crippen LogP contribution in [0.3, 0.4) is 0 Å². The first-order valence-corrected chi connectivity index (χ1v) is 6.94. The van der Waals surface area contributed by atoms with E-state index >= 15 is 0 Å². The third kappa shape index (κ3) is 3.60. The van der Waals surface area contributed by atoms with Gasteiger partial charge in [-0.25, -0.2) is 4.79 Å². The number of urea groups is 1. The summed E-state index contributed by atoms with van der Waals surface area (Å²) in [5.41, 5.74) is 0. The van der Waals surface area contributed by atoms with Gasteiger partial charge in [-0.2, -0.15) is 0 Å². The third-order valence-corrected chi connectivity index (χ3v) is 4.06. The summed E-state index contributed by atoms with van der Waals surface area (Å²) in [5, 5.41) is 6.56. The van der Waals surface area contributed by atoms with Crippen molar-refractivity contribution in [1.29, 1.82) is 0 Å². The second-order valence-electron chi connectivity index (χ2n) is 5.70. The second-order valence-corrected chi connectivity index (χ2v) is 5.70. The minimum Gasteiger partial charge on any atom is -0.334 e. The van der Waals surface area contributed by atoms with Gasteiger partial charge in [-0.1, -0.05) is 6.92 Å². The molecule has 0 aromatic carbocycles. The summed E-state index contributed by atoms with van der Waals surface area (Å²) < 4.78 is 0. The van der Waals surface area contributed by atoms with Gasteiger partial charge in [-0.15, -0.1) is 0 Å². The maximum atomic E-state index is 12.0. The maximum absolute atomic E-state index is 12.0. The number of likely N-dealkylation sites (tertiary alicyclic amines) is 1. The smallest absolute Gasteiger partial charge is 0.317 e. The van der Waals surface area contributed by atoms with Gasteiger partial charge in [0.1, 0.15) is 0 Å². The molecule has 0 radical (unpaired) electrons. The van der Waals surface area contributed by atoms with E-state index in [0.29, 0.717) is 12.1 Å². The molecule has 0 aromatic heterocycles. The molecule has 2 aliphatic heterocycles. The Labute approximate surface area is 104 Å². The number of carbonyl (C=O) groups is 1. The van der Waals surface area contributed by atoms with Crippen molar-refractivity contribution in [3.05, 3.63) is 0 Å². The van der Waals surface area contributed by atoms with Gasteiger partial charge in [0.2, 0.25) is 0 Å². The van der Waals surface area contributed by atoms with E-state index in [0.717, 1.165) is 51.2 Å². The van der Waals surface area contributed by atoms with Crippen LogP contribution in [0.1, 0.15) is 39.5 Å². The number of piperidine rings is 2. The number of hydrogen-bond acceptors (Lipinski definition) is 2. The summed E-state index contributed by atoms with van der Waals surface area (Å²) in [7, 11) is 0. The fourth-order valence-corrected chi connectivity index (χ4v) is 2.60. The van der Waals surface area contributed by atoms with Crippen molar-refractivity contribution in [2.45, 2.75) is 51.6 Å². The number of rotatable bonds is 1. The molecule has 2 N–H and O–H groups in total. The van der Waals surface area contributed by atoms with Crippen LogP contribution in [0, 0.1) is 5.92 Å². The molecule has 2 atom stereocenters. The van der Waals surface area contributed by atoms with Crippen LogP contribution in [-0.2, 0) is 0 Å². The van der Waals surface area contributed by atoms with Crippen molar-refractivity contribution in [2.24, 2.45) is 5.92 Å². The molecular formula is C13H25N3O. The molecule has 4 nitrogen and oxygen atoms in total. The standard InChI is InChI=1S/C13H25N3O/c1-10-5-7-16(8-6-10)13(17)15-12-4-3-11(2)14-9-12/h10-12,14H,3-9H2,1-2H3,(H,15,17). The SMILES string of the molecule is CC1CCN(C(=O)NC2CCC(C)NC2)CC1.